The molecule has 0 radical (unpaired) electrons. The summed E-state index contributed by atoms with van der Waals surface area (Å²) in [7, 11) is 0. The number of likely N-dealkylation sites (tertiary alicyclic amines) is 1. The summed E-state index contributed by atoms with van der Waals surface area (Å²) in [5, 5.41) is 14.3. The smallest absolute Gasteiger partial charge is 0.309 e. The van der Waals surface area contributed by atoms with Crippen molar-refractivity contribution in [2.75, 3.05) is 31.8 Å². The van der Waals surface area contributed by atoms with E-state index in [2.05, 4.69) is 12.2 Å². The summed E-state index contributed by atoms with van der Waals surface area (Å²) in [6.07, 6.45) is 4.49. The Morgan fingerprint density at radius 2 is 1.73 bits per heavy atom. The van der Waals surface area contributed by atoms with Crippen molar-refractivity contribution >= 4 is 29.2 Å². The van der Waals surface area contributed by atoms with Crippen molar-refractivity contribution in [3.05, 3.63) is 81.6 Å². The van der Waals surface area contributed by atoms with Crippen LogP contribution in [0.5, 0.6) is 17.2 Å². The number of fused-ring (bicyclic) bond motifs is 1. The van der Waals surface area contributed by atoms with Crippen LogP contribution >= 0.6 is 11.6 Å². The van der Waals surface area contributed by atoms with E-state index in [4.69, 9.17) is 25.8 Å². The van der Waals surface area contributed by atoms with Gasteiger partial charge in [0.15, 0.2) is 11.6 Å². The van der Waals surface area contributed by atoms with Crippen molar-refractivity contribution in [3.63, 3.8) is 0 Å². The van der Waals surface area contributed by atoms with Gasteiger partial charge in [0.05, 0.1) is 19.1 Å². The number of amides is 1. The van der Waals surface area contributed by atoms with E-state index in [9.17, 15) is 14.7 Å². The molecular formula is C35H40ClFN2O6. The fourth-order valence-electron chi connectivity index (χ4n) is 6.44. The van der Waals surface area contributed by atoms with E-state index in [0.29, 0.717) is 35.8 Å². The largest absolute Gasteiger partial charge is 0.494 e. The van der Waals surface area contributed by atoms with Gasteiger partial charge in [0.2, 0.25) is 18.4 Å². The molecule has 1 unspecified atom stereocenters. The summed E-state index contributed by atoms with van der Waals surface area (Å²) >= 11 is 6.33. The van der Waals surface area contributed by atoms with Gasteiger partial charge in [-0.3, -0.25) is 14.5 Å². The summed E-state index contributed by atoms with van der Waals surface area (Å²) in [6, 6.07) is 13.4. The molecule has 3 atom stereocenters. The number of rotatable bonds is 13. The molecule has 2 aliphatic rings. The topological polar surface area (TPSA) is 97.3 Å². The summed E-state index contributed by atoms with van der Waals surface area (Å²) in [4.78, 5) is 28.5. The molecule has 0 saturated carbocycles. The van der Waals surface area contributed by atoms with Crippen LogP contribution in [0.15, 0.2) is 48.5 Å². The van der Waals surface area contributed by atoms with Gasteiger partial charge in [-0.15, -0.1) is 0 Å². The zero-order valence-corrected chi connectivity index (χ0v) is 26.7. The highest BCUT2D eigenvalue weighted by Gasteiger charge is 2.48. The minimum atomic E-state index is -1.04. The van der Waals surface area contributed by atoms with E-state index < -0.39 is 29.7 Å². The first-order chi connectivity index (χ1) is 21.7. The van der Waals surface area contributed by atoms with Crippen LogP contribution in [0.2, 0.25) is 5.02 Å². The molecule has 1 saturated heterocycles. The third kappa shape index (κ3) is 7.20. The summed E-state index contributed by atoms with van der Waals surface area (Å²) < 4.78 is 31.6. The lowest BCUT2D eigenvalue weighted by atomic mass is 9.82. The van der Waals surface area contributed by atoms with E-state index in [1.54, 1.807) is 6.07 Å². The maximum atomic E-state index is 15.0. The number of carboxylic acids is 1. The number of nitrogens with zero attached hydrogens (tertiary/aromatic N) is 1. The molecular weight excluding hydrogens is 599 g/mol. The average Bonchev–Trinajstić information content (AvgIpc) is 3.66. The van der Waals surface area contributed by atoms with E-state index in [1.807, 2.05) is 55.1 Å². The number of nitrogens with one attached hydrogen (secondary N) is 1. The zero-order chi connectivity index (χ0) is 32.1. The van der Waals surface area contributed by atoms with E-state index in [-0.39, 0.29) is 37.3 Å². The normalized spacial score (nSPS) is 19.1. The Hall–Kier alpha value is -3.82. The third-order valence-electron chi connectivity index (χ3n) is 8.64. The van der Waals surface area contributed by atoms with Gasteiger partial charge in [-0.05, 0) is 77.9 Å². The number of ether oxygens (including phenoxy) is 3. The van der Waals surface area contributed by atoms with Gasteiger partial charge in [0, 0.05) is 29.2 Å². The van der Waals surface area contributed by atoms with Crippen molar-refractivity contribution in [1.82, 2.24) is 4.90 Å². The first kappa shape index (κ1) is 32.6. The van der Waals surface area contributed by atoms with Crippen LogP contribution in [0.1, 0.15) is 74.2 Å². The van der Waals surface area contributed by atoms with Crippen molar-refractivity contribution in [2.24, 2.45) is 5.92 Å². The number of hydrogen-bond donors (Lipinski definition) is 2. The molecule has 1 amide bonds. The molecule has 10 heteroatoms. The first-order valence-electron chi connectivity index (χ1n) is 15.6. The van der Waals surface area contributed by atoms with Crippen molar-refractivity contribution in [2.45, 2.75) is 64.8 Å². The molecule has 3 aromatic rings. The number of benzene rings is 3. The molecule has 2 N–H and O–H groups in total. The molecule has 1 fully saturated rings. The second kappa shape index (κ2) is 14.5. The first-order valence-corrected chi connectivity index (χ1v) is 16.0. The maximum absolute atomic E-state index is 15.0. The number of carbonyl (C=O) groups is 2. The lowest BCUT2D eigenvalue weighted by molar-refractivity contribution is -0.143. The SMILES string of the molecule is CCCCCOc1ccc([C@H]2C(C(=O)O)[C@@H](c3cc(F)c4c(c3)OCO4)CN2CC(=O)Nc2c(CC)cc(Cl)cc2CC)cc1. The standard InChI is InChI=1S/C35H40ClFN2O6/c1-4-7-8-13-43-26-11-9-23(10-12-26)33-31(35(41)42)27(24-16-28(37)34-29(17-24)44-20-45-34)18-39(33)19-30(40)38-32-21(5-2)14-25(36)15-22(32)6-3/h9-12,14-17,27,31,33H,4-8,13,18-20H2,1-3H3,(H,38,40)(H,41,42)/t27-,31?,33+/m1/s1. The molecule has 0 bridgehead atoms. The number of halogens is 2. The number of aliphatic carboxylic acids is 1. The molecule has 2 aliphatic heterocycles. The van der Waals surface area contributed by atoms with Gasteiger partial charge in [-0.2, -0.15) is 0 Å². The second-order valence-electron chi connectivity index (χ2n) is 11.6. The molecule has 3 aromatic carbocycles. The Morgan fingerprint density at radius 3 is 2.38 bits per heavy atom. The fourth-order valence-corrected chi connectivity index (χ4v) is 6.70. The molecule has 0 spiro atoms. The lowest BCUT2D eigenvalue weighted by Crippen LogP contribution is -2.35. The van der Waals surface area contributed by atoms with Gasteiger partial charge in [0.1, 0.15) is 5.75 Å². The Labute approximate surface area is 268 Å². The van der Waals surface area contributed by atoms with E-state index in [1.165, 1.54) is 6.07 Å². The van der Waals surface area contributed by atoms with Gasteiger partial charge >= 0.3 is 5.97 Å². The number of carbonyl (C=O) groups excluding carboxylic acids is 1. The van der Waals surface area contributed by atoms with Crippen LogP contribution in [0, 0.1) is 11.7 Å². The maximum Gasteiger partial charge on any atom is 0.309 e. The fraction of sp³-hybridized carbons (Fsp3) is 0.429. The highest BCUT2D eigenvalue weighted by Crippen LogP contribution is 2.48. The molecule has 0 aliphatic carbocycles. The molecule has 45 heavy (non-hydrogen) atoms. The van der Waals surface area contributed by atoms with Crippen LogP contribution in [-0.2, 0) is 22.4 Å². The second-order valence-corrected chi connectivity index (χ2v) is 12.0. The Morgan fingerprint density at radius 1 is 1.02 bits per heavy atom. The number of hydrogen-bond acceptors (Lipinski definition) is 6. The Balaban J connectivity index is 1.47. The van der Waals surface area contributed by atoms with Gasteiger partial charge in [-0.25, -0.2) is 4.39 Å². The highest BCUT2D eigenvalue weighted by molar-refractivity contribution is 6.30. The van der Waals surface area contributed by atoms with Crippen LogP contribution in [0.4, 0.5) is 10.1 Å². The predicted octanol–water partition coefficient (Wildman–Crippen LogP) is 7.38. The molecule has 8 nitrogen and oxygen atoms in total. The van der Waals surface area contributed by atoms with Gasteiger partial charge < -0.3 is 24.6 Å². The van der Waals surface area contributed by atoms with Crippen molar-refractivity contribution in [1.29, 1.82) is 0 Å². The monoisotopic (exact) mass is 638 g/mol. The minimum absolute atomic E-state index is 0.0207. The summed E-state index contributed by atoms with van der Waals surface area (Å²) in [5.74, 6) is -2.55. The lowest BCUT2D eigenvalue weighted by Gasteiger charge is -2.27. The van der Waals surface area contributed by atoms with Crippen LogP contribution in [0.25, 0.3) is 0 Å². The molecule has 0 aromatic heterocycles. The summed E-state index contributed by atoms with van der Waals surface area (Å²) in [5.41, 5.74) is 3.80. The van der Waals surface area contributed by atoms with E-state index >= 15 is 4.39 Å². The van der Waals surface area contributed by atoms with Gasteiger partial charge in [-0.1, -0.05) is 57.3 Å². The predicted molar refractivity (Wildman–Crippen MR) is 171 cm³/mol. The van der Waals surface area contributed by atoms with E-state index in [0.717, 1.165) is 41.6 Å². The quantitative estimate of drug-likeness (QED) is 0.189. The highest BCUT2D eigenvalue weighted by atomic mass is 35.5. The van der Waals surface area contributed by atoms with Crippen molar-refractivity contribution in [3.8, 4) is 17.2 Å². The number of anilines is 1. The Kier molecular flexibility index (Phi) is 10.5. The Bertz CT molecular complexity index is 1510. The molecule has 2 heterocycles. The minimum Gasteiger partial charge on any atom is -0.494 e. The molecule has 5 rings (SSSR count). The number of carboxylic acid groups (broad SMARTS) is 1. The number of unbranched alkanes of at least 4 members (excludes halogenated alkanes) is 2. The molecule has 240 valence electrons. The van der Waals surface area contributed by atoms with Crippen LogP contribution in [0.3, 0.4) is 0 Å². The number of aryl methyl sites for hydroxylation is 2. The van der Waals surface area contributed by atoms with Crippen LogP contribution in [-0.4, -0.2) is 48.4 Å². The average molecular weight is 639 g/mol. The summed E-state index contributed by atoms with van der Waals surface area (Å²) in [6.45, 7) is 6.78. The third-order valence-corrected chi connectivity index (χ3v) is 8.86. The van der Waals surface area contributed by atoms with Gasteiger partial charge in [0.25, 0.3) is 0 Å². The van der Waals surface area contributed by atoms with Crippen molar-refractivity contribution < 1.29 is 33.3 Å². The van der Waals surface area contributed by atoms with Crippen LogP contribution < -0.4 is 19.5 Å². The zero-order valence-electron chi connectivity index (χ0n) is 25.9.